The van der Waals surface area contributed by atoms with Gasteiger partial charge in [0.25, 0.3) is 0 Å². The maximum absolute atomic E-state index is 12.7. The summed E-state index contributed by atoms with van der Waals surface area (Å²) in [6.45, 7) is 6.91. The van der Waals surface area contributed by atoms with Gasteiger partial charge < -0.3 is 19.3 Å². The van der Waals surface area contributed by atoms with Gasteiger partial charge in [-0.3, -0.25) is 4.98 Å². The van der Waals surface area contributed by atoms with Crippen LogP contribution < -0.4 is 0 Å². The van der Waals surface area contributed by atoms with Crippen LogP contribution in [-0.4, -0.2) is 49.3 Å². The molecule has 0 spiro atoms. The fourth-order valence-electron chi connectivity index (χ4n) is 5.49. The van der Waals surface area contributed by atoms with Crippen molar-refractivity contribution >= 4 is 29.3 Å². The van der Waals surface area contributed by atoms with E-state index in [4.69, 9.17) is 21.3 Å². The maximum atomic E-state index is 12.7. The Morgan fingerprint density at radius 2 is 1.97 bits per heavy atom. The van der Waals surface area contributed by atoms with Crippen molar-refractivity contribution < 1.29 is 14.6 Å². The molecule has 0 saturated carbocycles. The standard InChI is InChI=1S/C29H33ClN4O3/c1-29(2,3)37-28(36)34-12-9-18(10-13-34)25-21-8-7-20(30)15-22(21)23(14-19-6-5-11-32-26(19)25)27(35)24-16-31-17-33(24)4/h5-8,11,14-18,25,27,35H,9-10,12-13H2,1-4H3. The van der Waals surface area contributed by atoms with Gasteiger partial charge in [-0.25, -0.2) is 9.78 Å². The zero-order valence-electron chi connectivity index (χ0n) is 21.7. The summed E-state index contributed by atoms with van der Waals surface area (Å²) in [6, 6.07) is 9.89. The molecule has 3 aromatic rings. The fourth-order valence-corrected chi connectivity index (χ4v) is 5.66. The number of hydrogen-bond acceptors (Lipinski definition) is 5. The van der Waals surface area contributed by atoms with Gasteiger partial charge in [-0.2, -0.15) is 0 Å². The predicted octanol–water partition coefficient (Wildman–Crippen LogP) is 5.84. The Labute approximate surface area is 222 Å². The minimum absolute atomic E-state index is 0.00302. The van der Waals surface area contributed by atoms with Gasteiger partial charge in [-0.05, 0) is 86.1 Å². The largest absolute Gasteiger partial charge is 0.444 e. The topological polar surface area (TPSA) is 80.5 Å². The first-order valence-electron chi connectivity index (χ1n) is 12.7. The average molecular weight is 521 g/mol. The molecule has 1 aromatic carbocycles. The van der Waals surface area contributed by atoms with E-state index in [2.05, 4.69) is 17.1 Å². The van der Waals surface area contributed by atoms with Crippen molar-refractivity contribution in [2.24, 2.45) is 13.0 Å². The number of hydrogen-bond donors (Lipinski definition) is 1. The molecule has 5 rings (SSSR count). The Morgan fingerprint density at radius 1 is 1.22 bits per heavy atom. The van der Waals surface area contributed by atoms with Crippen LogP contribution in [0.25, 0.3) is 11.6 Å². The number of pyridine rings is 1. The third-order valence-corrected chi connectivity index (χ3v) is 7.46. The van der Waals surface area contributed by atoms with Crippen molar-refractivity contribution in [1.29, 1.82) is 0 Å². The molecule has 37 heavy (non-hydrogen) atoms. The number of benzene rings is 1. The zero-order chi connectivity index (χ0) is 26.3. The van der Waals surface area contributed by atoms with E-state index in [1.165, 1.54) is 0 Å². The lowest BCUT2D eigenvalue weighted by Crippen LogP contribution is -2.42. The summed E-state index contributed by atoms with van der Waals surface area (Å²) in [5.74, 6) is 0.255. The van der Waals surface area contributed by atoms with Gasteiger partial charge in [0.2, 0.25) is 0 Å². The number of aliphatic hydroxyl groups is 1. The number of rotatable bonds is 3. The lowest BCUT2D eigenvalue weighted by atomic mass is 9.76. The van der Waals surface area contributed by atoms with Gasteiger partial charge in [0.05, 0.1) is 23.9 Å². The highest BCUT2D eigenvalue weighted by Gasteiger charge is 2.37. The van der Waals surface area contributed by atoms with E-state index < -0.39 is 11.7 Å². The molecule has 1 saturated heterocycles. The predicted molar refractivity (Wildman–Crippen MR) is 144 cm³/mol. The molecule has 2 aromatic heterocycles. The molecular weight excluding hydrogens is 488 g/mol. The van der Waals surface area contributed by atoms with E-state index in [0.717, 1.165) is 40.8 Å². The molecule has 0 radical (unpaired) electrons. The second-order valence-corrected chi connectivity index (χ2v) is 11.4. The number of piperidine rings is 1. The van der Waals surface area contributed by atoms with Crippen molar-refractivity contribution in [2.75, 3.05) is 13.1 Å². The third kappa shape index (κ3) is 5.15. The van der Waals surface area contributed by atoms with E-state index >= 15 is 0 Å². The monoisotopic (exact) mass is 520 g/mol. The number of fused-ring (bicyclic) bond motifs is 2. The van der Waals surface area contributed by atoms with Gasteiger partial charge in [0.1, 0.15) is 11.7 Å². The highest BCUT2D eigenvalue weighted by Crippen LogP contribution is 2.47. The fraction of sp³-hybridized carbons (Fsp3) is 0.414. The Kier molecular flexibility index (Phi) is 6.86. The van der Waals surface area contributed by atoms with Crippen molar-refractivity contribution in [1.82, 2.24) is 19.4 Å². The number of likely N-dealkylation sites (tertiary alicyclic amines) is 1. The zero-order valence-corrected chi connectivity index (χ0v) is 22.4. The summed E-state index contributed by atoms with van der Waals surface area (Å²) < 4.78 is 7.43. The number of nitrogens with zero attached hydrogens (tertiary/aromatic N) is 4. The molecule has 1 fully saturated rings. The van der Waals surface area contributed by atoms with Crippen LogP contribution in [0.15, 0.2) is 49.1 Å². The van der Waals surface area contributed by atoms with E-state index in [-0.39, 0.29) is 17.9 Å². The van der Waals surface area contributed by atoms with Crippen LogP contribution in [0.2, 0.25) is 5.02 Å². The Bertz CT molecular complexity index is 1330. The number of imidazole rings is 1. The van der Waals surface area contributed by atoms with Crippen molar-refractivity contribution in [3.8, 4) is 0 Å². The molecule has 0 bridgehead atoms. The summed E-state index contributed by atoms with van der Waals surface area (Å²) in [7, 11) is 1.87. The molecule has 7 nitrogen and oxygen atoms in total. The van der Waals surface area contributed by atoms with Crippen molar-refractivity contribution in [3.05, 3.63) is 82.2 Å². The first kappa shape index (κ1) is 25.5. The lowest BCUT2D eigenvalue weighted by Gasteiger charge is -2.37. The average Bonchev–Trinajstić information content (AvgIpc) is 3.23. The number of carbonyl (C=O) groups excluding carboxylic acids is 1. The molecule has 1 N–H and O–H groups in total. The first-order valence-corrected chi connectivity index (χ1v) is 13.1. The minimum atomic E-state index is -0.884. The van der Waals surface area contributed by atoms with E-state index in [1.54, 1.807) is 17.4 Å². The van der Waals surface area contributed by atoms with Gasteiger partial charge in [0, 0.05) is 37.3 Å². The number of aliphatic hydroxyl groups excluding tert-OH is 1. The Hall–Kier alpha value is -3.16. The number of aryl methyl sites for hydroxylation is 1. The Balaban J connectivity index is 1.53. The SMILES string of the molecule is Cn1cncc1C(O)C1=Cc2cccnc2C(C2CCN(C(=O)OC(C)(C)C)CC2)c2ccc(Cl)cc21. The van der Waals surface area contributed by atoms with Crippen molar-refractivity contribution in [3.63, 3.8) is 0 Å². The van der Waals surface area contributed by atoms with Crippen LogP contribution in [0.4, 0.5) is 4.79 Å². The number of ether oxygens (including phenoxy) is 1. The third-order valence-electron chi connectivity index (χ3n) is 7.23. The molecular formula is C29H33ClN4O3. The van der Waals surface area contributed by atoms with E-state index in [1.807, 2.05) is 62.9 Å². The quantitative estimate of drug-likeness (QED) is 0.469. The van der Waals surface area contributed by atoms with Crippen LogP contribution in [0, 0.1) is 5.92 Å². The summed E-state index contributed by atoms with van der Waals surface area (Å²) in [5.41, 5.74) is 4.91. The lowest BCUT2D eigenvalue weighted by molar-refractivity contribution is 0.0178. The summed E-state index contributed by atoms with van der Waals surface area (Å²) in [6.07, 6.45) is 7.73. The van der Waals surface area contributed by atoms with Gasteiger partial charge >= 0.3 is 6.09 Å². The number of halogens is 1. The van der Waals surface area contributed by atoms with Crippen LogP contribution in [-0.2, 0) is 11.8 Å². The summed E-state index contributed by atoms with van der Waals surface area (Å²) in [4.78, 5) is 23.5. The van der Waals surface area contributed by atoms with Crippen LogP contribution >= 0.6 is 11.6 Å². The van der Waals surface area contributed by atoms with E-state index in [9.17, 15) is 9.90 Å². The maximum Gasteiger partial charge on any atom is 0.410 e. The molecule has 1 amide bonds. The molecule has 1 aliphatic carbocycles. The molecule has 2 aliphatic rings. The van der Waals surface area contributed by atoms with Gasteiger partial charge in [0.15, 0.2) is 0 Å². The second kappa shape index (κ2) is 9.95. The van der Waals surface area contributed by atoms with E-state index in [0.29, 0.717) is 23.8 Å². The molecule has 8 heteroatoms. The van der Waals surface area contributed by atoms with Crippen LogP contribution in [0.3, 0.4) is 0 Å². The molecule has 2 atom stereocenters. The van der Waals surface area contributed by atoms with Crippen LogP contribution in [0.5, 0.6) is 0 Å². The second-order valence-electron chi connectivity index (χ2n) is 10.9. The molecule has 3 heterocycles. The minimum Gasteiger partial charge on any atom is -0.444 e. The highest BCUT2D eigenvalue weighted by molar-refractivity contribution is 6.30. The number of amides is 1. The van der Waals surface area contributed by atoms with Crippen LogP contribution in [0.1, 0.15) is 73.7 Å². The summed E-state index contributed by atoms with van der Waals surface area (Å²) >= 11 is 6.51. The molecule has 2 unspecified atom stereocenters. The number of aromatic nitrogens is 3. The Morgan fingerprint density at radius 3 is 2.65 bits per heavy atom. The number of carbonyl (C=O) groups is 1. The van der Waals surface area contributed by atoms with Crippen molar-refractivity contribution in [2.45, 2.75) is 51.2 Å². The van der Waals surface area contributed by atoms with Gasteiger partial charge in [-0.1, -0.05) is 23.7 Å². The van der Waals surface area contributed by atoms with Gasteiger partial charge in [-0.15, -0.1) is 0 Å². The normalized spacial score (nSPS) is 18.9. The molecule has 194 valence electrons. The molecule has 1 aliphatic heterocycles. The first-order chi connectivity index (χ1) is 17.6. The smallest absolute Gasteiger partial charge is 0.410 e. The summed E-state index contributed by atoms with van der Waals surface area (Å²) in [5, 5.41) is 12.1. The highest BCUT2D eigenvalue weighted by atomic mass is 35.5.